The van der Waals surface area contributed by atoms with Crippen molar-refractivity contribution in [2.24, 2.45) is 0 Å². The van der Waals surface area contributed by atoms with E-state index in [-0.39, 0.29) is 18.3 Å². The molecule has 2 aromatic carbocycles. The van der Waals surface area contributed by atoms with Gasteiger partial charge in [0.15, 0.2) is 0 Å². The number of ether oxygens (including phenoxy) is 1. The number of hydrogen-bond acceptors (Lipinski definition) is 5. The van der Waals surface area contributed by atoms with E-state index in [1.54, 1.807) is 42.5 Å². The minimum atomic E-state index is -0.341. The van der Waals surface area contributed by atoms with Crippen molar-refractivity contribution < 1.29 is 13.9 Å². The van der Waals surface area contributed by atoms with Crippen molar-refractivity contribution in [2.45, 2.75) is 20.1 Å². The van der Waals surface area contributed by atoms with Gasteiger partial charge in [-0.2, -0.15) is 8.75 Å². The molecule has 0 saturated carbocycles. The van der Waals surface area contributed by atoms with Crippen molar-refractivity contribution in [2.75, 3.05) is 0 Å². The zero-order valence-electron chi connectivity index (χ0n) is 13.5. The second-order valence-corrected chi connectivity index (χ2v) is 5.92. The normalized spacial score (nSPS) is 10.5. The van der Waals surface area contributed by atoms with Gasteiger partial charge in [0.2, 0.25) is 0 Å². The van der Waals surface area contributed by atoms with Gasteiger partial charge in [0, 0.05) is 17.7 Å². The molecular formula is C18H16FN3O2S. The molecule has 0 radical (unpaired) electrons. The summed E-state index contributed by atoms with van der Waals surface area (Å²) in [6.45, 7) is 2.29. The molecule has 3 rings (SSSR count). The first-order valence-corrected chi connectivity index (χ1v) is 8.39. The standard InChI is InChI=1S/C18H16FN3O2S/c1-12-17(22-25-21-12)11-24-15-7-4-6-13(9-15)18(23)20-10-14-5-2-3-8-16(14)19/h2-9H,10-11H2,1H3,(H,20,23). The Morgan fingerprint density at radius 3 is 2.80 bits per heavy atom. The summed E-state index contributed by atoms with van der Waals surface area (Å²) in [6, 6.07) is 13.2. The number of carbonyl (C=O) groups excluding carboxylic acids is 1. The third kappa shape index (κ3) is 4.39. The Bertz CT molecular complexity index is 882. The van der Waals surface area contributed by atoms with Crippen molar-refractivity contribution in [3.05, 3.63) is 76.9 Å². The minimum Gasteiger partial charge on any atom is -0.487 e. The summed E-state index contributed by atoms with van der Waals surface area (Å²) >= 11 is 1.14. The number of hydrogen-bond donors (Lipinski definition) is 1. The van der Waals surface area contributed by atoms with Gasteiger partial charge in [0.25, 0.3) is 5.91 Å². The molecule has 1 amide bonds. The molecule has 0 aliphatic heterocycles. The number of amides is 1. The average molecular weight is 357 g/mol. The molecular weight excluding hydrogens is 341 g/mol. The molecule has 1 N–H and O–H groups in total. The second kappa shape index (κ2) is 7.85. The van der Waals surface area contributed by atoms with Crippen LogP contribution in [-0.2, 0) is 13.2 Å². The number of rotatable bonds is 6. The predicted octanol–water partition coefficient (Wildman–Crippen LogP) is 3.49. The van der Waals surface area contributed by atoms with Crippen LogP contribution in [0.25, 0.3) is 0 Å². The molecule has 5 nitrogen and oxygen atoms in total. The number of carbonyl (C=O) groups is 1. The molecule has 0 fully saturated rings. The Kier molecular flexibility index (Phi) is 5.35. The van der Waals surface area contributed by atoms with Crippen LogP contribution in [0.1, 0.15) is 27.3 Å². The van der Waals surface area contributed by atoms with Crippen LogP contribution in [0.5, 0.6) is 5.75 Å². The molecule has 128 valence electrons. The van der Waals surface area contributed by atoms with Crippen LogP contribution in [0.3, 0.4) is 0 Å². The van der Waals surface area contributed by atoms with Crippen molar-refractivity contribution in [1.29, 1.82) is 0 Å². The van der Waals surface area contributed by atoms with Gasteiger partial charge in [0.05, 0.1) is 17.4 Å². The molecule has 25 heavy (non-hydrogen) atoms. The van der Waals surface area contributed by atoms with E-state index in [2.05, 4.69) is 14.1 Å². The molecule has 0 aliphatic rings. The molecule has 0 spiro atoms. The van der Waals surface area contributed by atoms with Gasteiger partial charge in [-0.05, 0) is 31.2 Å². The maximum absolute atomic E-state index is 13.6. The van der Waals surface area contributed by atoms with Gasteiger partial charge in [0.1, 0.15) is 23.9 Å². The van der Waals surface area contributed by atoms with E-state index < -0.39 is 0 Å². The molecule has 3 aromatic rings. The monoisotopic (exact) mass is 357 g/mol. The number of nitrogens with zero attached hydrogens (tertiary/aromatic N) is 2. The summed E-state index contributed by atoms with van der Waals surface area (Å²) in [5, 5.41) is 2.71. The van der Waals surface area contributed by atoms with Crippen LogP contribution in [0.15, 0.2) is 48.5 Å². The summed E-state index contributed by atoms with van der Waals surface area (Å²) in [5.74, 6) is -0.0710. The van der Waals surface area contributed by atoms with Crippen LogP contribution in [0, 0.1) is 12.7 Å². The quantitative estimate of drug-likeness (QED) is 0.733. The van der Waals surface area contributed by atoms with Crippen LogP contribution >= 0.6 is 11.7 Å². The summed E-state index contributed by atoms with van der Waals surface area (Å²) < 4.78 is 27.5. The predicted molar refractivity (Wildman–Crippen MR) is 93.0 cm³/mol. The highest BCUT2D eigenvalue weighted by Crippen LogP contribution is 2.16. The third-order valence-electron chi connectivity index (χ3n) is 3.62. The van der Waals surface area contributed by atoms with Gasteiger partial charge in [-0.1, -0.05) is 24.3 Å². The summed E-state index contributed by atoms with van der Waals surface area (Å²) in [4.78, 5) is 12.3. The second-order valence-electron chi connectivity index (χ2n) is 5.39. The molecule has 1 heterocycles. The topological polar surface area (TPSA) is 64.1 Å². The first-order chi connectivity index (χ1) is 12.1. The summed E-state index contributed by atoms with van der Waals surface area (Å²) in [7, 11) is 0. The molecule has 1 aromatic heterocycles. The average Bonchev–Trinajstić information content (AvgIpc) is 3.04. The Hall–Kier alpha value is -2.80. The SMILES string of the molecule is Cc1nsnc1COc1cccc(C(=O)NCc2ccccc2F)c1. The van der Waals surface area contributed by atoms with E-state index in [0.29, 0.717) is 23.5 Å². The van der Waals surface area contributed by atoms with E-state index in [0.717, 1.165) is 23.1 Å². The van der Waals surface area contributed by atoms with Gasteiger partial charge >= 0.3 is 0 Å². The highest BCUT2D eigenvalue weighted by molar-refractivity contribution is 6.99. The van der Waals surface area contributed by atoms with E-state index in [1.165, 1.54) is 6.07 Å². The van der Waals surface area contributed by atoms with E-state index in [9.17, 15) is 9.18 Å². The van der Waals surface area contributed by atoms with Crippen LogP contribution in [-0.4, -0.2) is 14.7 Å². The fourth-order valence-electron chi connectivity index (χ4n) is 2.18. The number of aromatic nitrogens is 2. The van der Waals surface area contributed by atoms with Crippen molar-refractivity contribution in [3.63, 3.8) is 0 Å². The zero-order chi connectivity index (χ0) is 17.6. The van der Waals surface area contributed by atoms with Crippen LogP contribution < -0.4 is 10.1 Å². The number of aryl methyl sites for hydroxylation is 1. The lowest BCUT2D eigenvalue weighted by Gasteiger charge is -2.09. The Morgan fingerprint density at radius 2 is 2.04 bits per heavy atom. The smallest absolute Gasteiger partial charge is 0.251 e. The maximum Gasteiger partial charge on any atom is 0.251 e. The van der Waals surface area contributed by atoms with Gasteiger partial charge < -0.3 is 10.1 Å². The van der Waals surface area contributed by atoms with Crippen molar-refractivity contribution in [1.82, 2.24) is 14.1 Å². The molecule has 7 heteroatoms. The third-order valence-corrected chi connectivity index (χ3v) is 4.27. The number of benzene rings is 2. The Labute approximate surface area is 148 Å². The summed E-state index contributed by atoms with van der Waals surface area (Å²) in [5.41, 5.74) is 2.50. The first kappa shape index (κ1) is 17.0. The van der Waals surface area contributed by atoms with Crippen molar-refractivity contribution >= 4 is 17.6 Å². The molecule has 0 saturated heterocycles. The van der Waals surface area contributed by atoms with Crippen molar-refractivity contribution in [3.8, 4) is 5.75 Å². The van der Waals surface area contributed by atoms with Gasteiger partial charge in [-0.25, -0.2) is 4.39 Å². The maximum atomic E-state index is 13.6. The first-order valence-electron chi connectivity index (χ1n) is 7.66. The lowest BCUT2D eigenvalue weighted by molar-refractivity contribution is 0.0950. The van der Waals surface area contributed by atoms with Crippen LogP contribution in [0.2, 0.25) is 0 Å². The molecule has 0 atom stereocenters. The number of halogens is 1. The zero-order valence-corrected chi connectivity index (χ0v) is 14.3. The lowest BCUT2D eigenvalue weighted by Crippen LogP contribution is -2.23. The van der Waals surface area contributed by atoms with Gasteiger partial charge in [-0.3, -0.25) is 4.79 Å². The molecule has 0 aliphatic carbocycles. The highest BCUT2D eigenvalue weighted by Gasteiger charge is 2.09. The molecule has 0 unspecified atom stereocenters. The van der Waals surface area contributed by atoms with Crippen LogP contribution in [0.4, 0.5) is 4.39 Å². The molecule has 0 bridgehead atoms. The fourth-order valence-corrected chi connectivity index (χ4v) is 2.73. The minimum absolute atomic E-state index is 0.125. The van der Waals surface area contributed by atoms with E-state index in [4.69, 9.17) is 4.74 Å². The fraction of sp³-hybridized carbons (Fsp3) is 0.167. The summed E-state index contributed by atoms with van der Waals surface area (Å²) in [6.07, 6.45) is 0. The Balaban J connectivity index is 1.61. The lowest BCUT2D eigenvalue weighted by atomic mass is 10.1. The largest absolute Gasteiger partial charge is 0.487 e. The van der Waals surface area contributed by atoms with E-state index in [1.807, 2.05) is 6.92 Å². The highest BCUT2D eigenvalue weighted by atomic mass is 32.1. The van der Waals surface area contributed by atoms with E-state index >= 15 is 0 Å². The Morgan fingerprint density at radius 1 is 1.20 bits per heavy atom. The number of nitrogens with one attached hydrogen (secondary N) is 1. The van der Waals surface area contributed by atoms with Gasteiger partial charge in [-0.15, -0.1) is 0 Å².